The van der Waals surface area contributed by atoms with Crippen LogP contribution in [0.3, 0.4) is 0 Å². The molecule has 0 aliphatic carbocycles. The van der Waals surface area contributed by atoms with Crippen molar-refractivity contribution in [1.82, 2.24) is 4.31 Å². The quantitative estimate of drug-likeness (QED) is 0.812. The number of carboxylic acids is 1. The molecule has 0 spiro atoms. The molecule has 0 bridgehead atoms. The van der Waals surface area contributed by atoms with E-state index in [9.17, 15) is 13.2 Å². The van der Waals surface area contributed by atoms with Crippen molar-refractivity contribution in [2.24, 2.45) is 0 Å². The lowest BCUT2D eigenvalue weighted by Gasteiger charge is -2.05. The molecule has 6 heteroatoms. The van der Waals surface area contributed by atoms with Crippen LogP contribution in [0.15, 0.2) is 29.2 Å². The molecule has 17 heavy (non-hydrogen) atoms. The van der Waals surface area contributed by atoms with Gasteiger partial charge in [-0.1, -0.05) is 17.7 Å². The van der Waals surface area contributed by atoms with E-state index in [4.69, 9.17) is 5.11 Å². The first-order chi connectivity index (χ1) is 7.85. The van der Waals surface area contributed by atoms with E-state index in [2.05, 4.69) is 0 Å². The Morgan fingerprint density at radius 1 is 1.29 bits per heavy atom. The van der Waals surface area contributed by atoms with Crippen LogP contribution in [0.4, 0.5) is 0 Å². The second-order valence-corrected chi connectivity index (χ2v) is 6.01. The summed E-state index contributed by atoms with van der Waals surface area (Å²) in [6, 6.07) is 4.97. The van der Waals surface area contributed by atoms with Crippen LogP contribution >= 0.6 is 0 Å². The van der Waals surface area contributed by atoms with Gasteiger partial charge in [-0.15, -0.1) is 0 Å². The van der Waals surface area contributed by atoms with E-state index in [1.165, 1.54) is 12.1 Å². The van der Waals surface area contributed by atoms with Crippen molar-refractivity contribution in [2.75, 3.05) is 0 Å². The van der Waals surface area contributed by atoms with Crippen LogP contribution in [-0.4, -0.2) is 35.9 Å². The average Bonchev–Trinajstić information content (AvgIpc) is 2.91. The molecule has 1 aliphatic rings. The molecule has 1 aromatic carbocycles. The normalized spacial score (nSPS) is 27.8. The summed E-state index contributed by atoms with van der Waals surface area (Å²) in [6.07, 6.45) is 0. The molecule has 1 aliphatic heterocycles. The monoisotopic (exact) mass is 255 g/mol. The Morgan fingerprint density at radius 2 is 1.82 bits per heavy atom. The highest BCUT2D eigenvalue weighted by Gasteiger charge is 2.57. The van der Waals surface area contributed by atoms with E-state index in [0.29, 0.717) is 0 Å². The second-order valence-electron chi connectivity index (χ2n) is 4.17. The highest BCUT2D eigenvalue weighted by molar-refractivity contribution is 7.89. The number of carbonyl (C=O) groups is 1. The Kier molecular flexibility index (Phi) is 2.71. The van der Waals surface area contributed by atoms with E-state index in [0.717, 1.165) is 9.87 Å². The van der Waals surface area contributed by atoms with Gasteiger partial charge >= 0.3 is 5.97 Å². The van der Waals surface area contributed by atoms with Gasteiger partial charge in [0.05, 0.1) is 10.9 Å². The van der Waals surface area contributed by atoms with Gasteiger partial charge in [0.25, 0.3) is 0 Å². The minimum Gasteiger partial charge on any atom is -0.480 e. The molecule has 1 fully saturated rings. The number of hydrogen-bond acceptors (Lipinski definition) is 3. The number of hydrogen-bond donors (Lipinski definition) is 1. The third kappa shape index (κ3) is 1.94. The first kappa shape index (κ1) is 12.1. The lowest BCUT2D eigenvalue weighted by atomic mass is 10.2. The summed E-state index contributed by atoms with van der Waals surface area (Å²) in [4.78, 5) is 10.9. The van der Waals surface area contributed by atoms with Crippen LogP contribution in [0.1, 0.15) is 12.5 Å². The molecule has 3 atom stereocenters. The van der Waals surface area contributed by atoms with Crippen molar-refractivity contribution in [3.8, 4) is 0 Å². The van der Waals surface area contributed by atoms with Gasteiger partial charge in [-0.3, -0.25) is 4.79 Å². The van der Waals surface area contributed by atoms with Gasteiger partial charge in [0, 0.05) is 0 Å². The highest BCUT2D eigenvalue weighted by atomic mass is 32.2. The van der Waals surface area contributed by atoms with Crippen LogP contribution in [0.2, 0.25) is 0 Å². The van der Waals surface area contributed by atoms with Crippen LogP contribution in [0.25, 0.3) is 0 Å². The summed E-state index contributed by atoms with van der Waals surface area (Å²) in [5.74, 6) is -1.10. The van der Waals surface area contributed by atoms with Crippen molar-refractivity contribution < 1.29 is 18.3 Å². The lowest BCUT2D eigenvalue weighted by Crippen LogP contribution is -2.19. The zero-order valence-electron chi connectivity index (χ0n) is 9.49. The van der Waals surface area contributed by atoms with Crippen molar-refractivity contribution in [1.29, 1.82) is 0 Å². The van der Waals surface area contributed by atoms with Gasteiger partial charge in [-0.2, -0.15) is 4.31 Å². The number of aryl methyl sites for hydroxylation is 1. The summed E-state index contributed by atoms with van der Waals surface area (Å²) in [6.45, 7) is 3.45. The van der Waals surface area contributed by atoms with E-state index < -0.39 is 28.1 Å². The number of sulfonamides is 1. The molecular formula is C11H13NO4S. The number of carboxylic acid groups (broad SMARTS) is 1. The topological polar surface area (TPSA) is 74.5 Å². The van der Waals surface area contributed by atoms with Gasteiger partial charge in [0.1, 0.15) is 6.04 Å². The summed E-state index contributed by atoms with van der Waals surface area (Å²) in [5, 5.41) is 8.84. The summed E-state index contributed by atoms with van der Waals surface area (Å²) < 4.78 is 25.2. The number of benzene rings is 1. The van der Waals surface area contributed by atoms with Gasteiger partial charge < -0.3 is 5.11 Å². The third-order valence-electron chi connectivity index (χ3n) is 2.89. The Balaban J connectivity index is 2.33. The number of nitrogens with zero attached hydrogens (tertiary/aromatic N) is 1. The second kappa shape index (κ2) is 3.82. The predicted molar refractivity (Wildman–Crippen MR) is 61.1 cm³/mol. The van der Waals surface area contributed by atoms with Gasteiger partial charge in [-0.25, -0.2) is 8.42 Å². The van der Waals surface area contributed by atoms with Crippen LogP contribution in [0.5, 0.6) is 0 Å². The minimum atomic E-state index is -3.67. The molecule has 2 rings (SSSR count). The van der Waals surface area contributed by atoms with Gasteiger partial charge in [-0.05, 0) is 26.0 Å². The van der Waals surface area contributed by atoms with Crippen LogP contribution in [-0.2, 0) is 14.8 Å². The molecular weight excluding hydrogens is 242 g/mol. The Hall–Kier alpha value is -1.40. The Labute approximate surface area is 99.7 Å². The molecule has 3 unspecified atom stereocenters. The SMILES string of the molecule is Cc1ccc(S(=O)(=O)N2C(C)C2C(=O)O)cc1. The van der Waals surface area contributed by atoms with Crippen LogP contribution in [0, 0.1) is 6.92 Å². The zero-order chi connectivity index (χ0) is 12.8. The van der Waals surface area contributed by atoms with E-state index in [1.807, 2.05) is 6.92 Å². The largest absolute Gasteiger partial charge is 0.480 e. The standard InChI is InChI=1S/C11H13NO4S/c1-7-3-5-9(6-4-7)17(15,16)12-8(2)10(12)11(13)14/h3-6,8,10H,1-2H3,(H,13,14). The molecule has 92 valence electrons. The minimum absolute atomic E-state index is 0.138. The highest BCUT2D eigenvalue weighted by Crippen LogP contribution is 2.35. The predicted octanol–water partition coefficient (Wildman–Crippen LogP) is 0.841. The van der Waals surface area contributed by atoms with Crippen LogP contribution < -0.4 is 0 Å². The maximum Gasteiger partial charge on any atom is 0.323 e. The first-order valence-corrected chi connectivity index (χ1v) is 6.62. The van der Waals surface area contributed by atoms with Crippen molar-refractivity contribution in [3.63, 3.8) is 0 Å². The first-order valence-electron chi connectivity index (χ1n) is 5.18. The Morgan fingerprint density at radius 3 is 2.24 bits per heavy atom. The van der Waals surface area contributed by atoms with Crippen molar-refractivity contribution >= 4 is 16.0 Å². The molecule has 0 saturated carbocycles. The number of rotatable bonds is 3. The zero-order valence-corrected chi connectivity index (χ0v) is 10.3. The van der Waals surface area contributed by atoms with E-state index in [1.54, 1.807) is 19.1 Å². The van der Waals surface area contributed by atoms with E-state index in [-0.39, 0.29) is 4.90 Å². The summed E-state index contributed by atoms with van der Waals surface area (Å²) in [5.41, 5.74) is 0.956. The summed E-state index contributed by atoms with van der Waals surface area (Å²) >= 11 is 0. The fourth-order valence-corrected chi connectivity index (χ4v) is 3.63. The lowest BCUT2D eigenvalue weighted by molar-refractivity contribution is -0.136. The molecule has 0 radical (unpaired) electrons. The summed E-state index contributed by atoms with van der Waals surface area (Å²) in [7, 11) is -3.67. The fraction of sp³-hybridized carbons (Fsp3) is 0.364. The van der Waals surface area contributed by atoms with Crippen molar-refractivity contribution in [2.45, 2.75) is 30.8 Å². The molecule has 5 nitrogen and oxygen atoms in total. The maximum absolute atomic E-state index is 12.1. The molecule has 1 N–H and O–H groups in total. The number of aliphatic carboxylic acids is 1. The molecule has 1 aromatic rings. The Bertz CT molecular complexity index is 549. The molecule has 1 heterocycles. The molecule has 0 amide bonds. The third-order valence-corrected chi connectivity index (χ3v) is 4.87. The van der Waals surface area contributed by atoms with E-state index >= 15 is 0 Å². The maximum atomic E-state index is 12.1. The fourth-order valence-electron chi connectivity index (χ4n) is 1.84. The molecule has 1 saturated heterocycles. The van der Waals surface area contributed by atoms with Crippen molar-refractivity contribution in [3.05, 3.63) is 29.8 Å². The van der Waals surface area contributed by atoms with Gasteiger partial charge in [0.15, 0.2) is 0 Å². The smallest absolute Gasteiger partial charge is 0.323 e. The average molecular weight is 255 g/mol. The molecule has 0 aromatic heterocycles. The van der Waals surface area contributed by atoms with Gasteiger partial charge in [0.2, 0.25) is 10.0 Å².